The van der Waals surface area contributed by atoms with Crippen molar-refractivity contribution in [3.63, 3.8) is 0 Å². The van der Waals surface area contributed by atoms with Crippen LogP contribution in [0.5, 0.6) is 0 Å². The summed E-state index contributed by atoms with van der Waals surface area (Å²) < 4.78 is 12.0. The quantitative estimate of drug-likeness (QED) is 0.183. The highest BCUT2D eigenvalue weighted by Crippen LogP contribution is 2.30. The van der Waals surface area contributed by atoms with Gasteiger partial charge >= 0.3 is 0 Å². The topological polar surface area (TPSA) is 142 Å². The summed E-state index contributed by atoms with van der Waals surface area (Å²) in [6.07, 6.45) is 3.50. The van der Waals surface area contributed by atoms with Crippen LogP contribution in [0, 0.1) is 17.3 Å². The third-order valence-electron chi connectivity index (χ3n) is 10.6. The standard InChI is InChI=1S/C39H62N6O6S/c1-11-25(2)33(44(8)37(48)27(4)42-38(49)39(5,6)24-40-7)31(50-9)23-32(46)45-20-15-18-30(45)34(51-10)26(3)35(47)43-29(36-41-19-21-52-36)22-28-16-13-12-14-17-28/h12-14,16-17,19,21,25-27,29-31,33-34,40H,11,15,18,20,22-24H2,1-10H3,(H,42,49)(H,43,47)/t25-,26+,27-,29-,30-,31+,33-,34+/m0/s1. The molecule has 1 aromatic carbocycles. The number of nitrogens with zero attached hydrogens (tertiary/aromatic N) is 3. The molecule has 0 bridgehead atoms. The maximum absolute atomic E-state index is 14.1. The Morgan fingerprint density at radius 3 is 2.35 bits per heavy atom. The average Bonchev–Trinajstić information content (AvgIpc) is 3.84. The van der Waals surface area contributed by atoms with E-state index in [1.165, 1.54) is 11.3 Å². The maximum atomic E-state index is 14.1. The fourth-order valence-corrected chi connectivity index (χ4v) is 8.04. The second-order valence-corrected chi connectivity index (χ2v) is 15.7. The second-order valence-electron chi connectivity index (χ2n) is 14.8. The minimum Gasteiger partial charge on any atom is -0.379 e. The van der Waals surface area contributed by atoms with Gasteiger partial charge in [0.1, 0.15) is 11.0 Å². The fraction of sp³-hybridized carbons (Fsp3) is 0.667. The number of methoxy groups -OCH3 is 2. The van der Waals surface area contributed by atoms with Gasteiger partial charge in [0.15, 0.2) is 0 Å². The molecular weight excluding hydrogens is 681 g/mol. The van der Waals surface area contributed by atoms with E-state index in [2.05, 4.69) is 20.9 Å². The van der Waals surface area contributed by atoms with Gasteiger partial charge in [0.05, 0.1) is 48.1 Å². The van der Waals surface area contributed by atoms with E-state index in [1.807, 2.05) is 75.2 Å². The van der Waals surface area contributed by atoms with Crippen molar-refractivity contribution in [2.45, 2.75) is 110 Å². The van der Waals surface area contributed by atoms with Gasteiger partial charge in [-0.3, -0.25) is 19.2 Å². The van der Waals surface area contributed by atoms with Crippen LogP contribution in [0.25, 0.3) is 0 Å². The molecule has 13 heteroatoms. The van der Waals surface area contributed by atoms with Crippen molar-refractivity contribution >= 4 is 35.0 Å². The van der Waals surface area contributed by atoms with Gasteiger partial charge in [-0.15, -0.1) is 11.3 Å². The summed E-state index contributed by atoms with van der Waals surface area (Å²) in [5.41, 5.74) is 0.393. The van der Waals surface area contributed by atoms with Crippen LogP contribution >= 0.6 is 11.3 Å². The minimum absolute atomic E-state index is 0.00168. The van der Waals surface area contributed by atoms with Crippen LogP contribution in [0.1, 0.15) is 83.8 Å². The molecule has 0 unspecified atom stereocenters. The van der Waals surface area contributed by atoms with Gasteiger partial charge in [-0.2, -0.15) is 0 Å². The van der Waals surface area contributed by atoms with Crippen LogP contribution in [0.3, 0.4) is 0 Å². The zero-order chi connectivity index (χ0) is 38.6. The molecule has 0 aliphatic carbocycles. The smallest absolute Gasteiger partial charge is 0.244 e. The number of aromatic nitrogens is 1. The predicted octanol–water partition coefficient (Wildman–Crippen LogP) is 4.21. The van der Waals surface area contributed by atoms with Gasteiger partial charge in [-0.05, 0) is 58.6 Å². The normalized spacial score (nSPS) is 18.8. The fourth-order valence-electron chi connectivity index (χ4n) is 7.35. The molecule has 1 aliphatic heterocycles. The summed E-state index contributed by atoms with van der Waals surface area (Å²) in [5.74, 6) is -1.30. The molecule has 1 aromatic heterocycles. The number of benzene rings is 1. The van der Waals surface area contributed by atoms with E-state index in [9.17, 15) is 19.2 Å². The molecule has 8 atom stereocenters. The number of carbonyl (C=O) groups is 4. The molecule has 3 rings (SSSR count). The lowest BCUT2D eigenvalue weighted by molar-refractivity contribution is -0.147. The SMILES string of the molecule is CC[C@H](C)[C@@H]([C@@H](CC(=O)N1CCC[C@H]1[C@H](OC)[C@@H](C)C(=O)N[C@@H](Cc1ccccc1)c1nccs1)OC)N(C)C(=O)[C@H](C)NC(=O)C(C)(C)CNC. The Bertz CT molecular complexity index is 1430. The number of carbonyl (C=O) groups excluding carboxylic acids is 4. The van der Waals surface area contributed by atoms with Gasteiger partial charge in [-0.25, -0.2) is 4.98 Å². The van der Waals surface area contributed by atoms with Crippen LogP contribution in [0.4, 0.5) is 0 Å². The van der Waals surface area contributed by atoms with Crippen LogP contribution in [0.2, 0.25) is 0 Å². The summed E-state index contributed by atoms with van der Waals surface area (Å²) in [7, 11) is 6.66. The largest absolute Gasteiger partial charge is 0.379 e. The zero-order valence-corrected chi connectivity index (χ0v) is 33.6. The Hall–Kier alpha value is -3.39. The number of hydrogen-bond acceptors (Lipinski definition) is 9. The van der Waals surface area contributed by atoms with Gasteiger partial charge in [0, 0.05) is 45.9 Å². The monoisotopic (exact) mass is 742 g/mol. The Morgan fingerprint density at radius 2 is 1.77 bits per heavy atom. The van der Waals surface area contributed by atoms with Crippen LogP contribution in [-0.2, 0) is 35.1 Å². The first-order chi connectivity index (χ1) is 24.7. The lowest BCUT2D eigenvalue weighted by atomic mass is 9.89. The Morgan fingerprint density at radius 1 is 1.08 bits per heavy atom. The molecule has 290 valence electrons. The molecule has 1 aliphatic rings. The summed E-state index contributed by atoms with van der Waals surface area (Å²) in [5, 5.41) is 11.9. The van der Waals surface area contributed by atoms with Crippen molar-refractivity contribution in [3.8, 4) is 0 Å². The highest BCUT2D eigenvalue weighted by Gasteiger charge is 2.43. The number of nitrogens with one attached hydrogen (secondary N) is 3. The number of amides is 4. The van der Waals surface area contributed by atoms with E-state index in [-0.39, 0.29) is 48.1 Å². The van der Waals surface area contributed by atoms with Crippen LogP contribution in [-0.4, -0.2) is 110 Å². The van der Waals surface area contributed by atoms with E-state index in [0.717, 1.165) is 23.4 Å². The molecule has 12 nitrogen and oxygen atoms in total. The van der Waals surface area contributed by atoms with E-state index in [1.54, 1.807) is 46.3 Å². The number of likely N-dealkylation sites (tertiary alicyclic amines) is 1. The highest BCUT2D eigenvalue weighted by atomic mass is 32.1. The summed E-state index contributed by atoms with van der Waals surface area (Å²) in [6.45, 7) is 12.3. The molecule has 3 N–H and O–H groups in total. The summed E-state index contributed by atoms with van der Waals surface area (Å²) in [4.78, 5) is 62.7. The molecule has 2 heterocycles. The Balaban J connectivity index is 1.74. The highest BCUT2D eigenvalue weighted by molar-refractivity contribution is 7.09. The van der Waals surface area contributed by atoms with Crippen molar-refractivity contribution in [2.24, 2.45) is 17.3 Å². The average molecular weight is 743 g/mol. The first-order valence-electron chi connectivity index (χ1n) is 18.5. The number of thiazole rings is 1. The van der Waals surface area contributed by atoms with Crippen molar-refractivity contribution < 1.29 is 28.7 Å². The van der Waals surface area contributed by atoms with Gasteiger partial charge in [0.2, 0.25) is 23.6 Å². The maximum Gasteiger partial charge on any atom is 0.244 e. The zero-order valence-electron chi connectivity index (χ0n) is 32.8. The third-order valence-corrected chi connectivity index (χ3v) is 11.4. The van der Waals surface area contributed by atoms with Gasteiger partial charge in [0.25, 0.3) is 0 Å². The van der Waals surface area contributed by atoms with Crippen LogP contribution in [0.15, 0.2) is 41.9 Å². The minimum atomic E-state index is -0.769. The number of ether oxygens (including phenoxy) is 2. The predicted molar refractivity (Wildman–Crippen MR) is 205 cm³/mol. The number of likely N-dealkylation sites (N-methyl/N-ethyl adjacent to an activating group) is 1. The lowest BCUT2D eigenvalue weighted by Gasteiger charge is -2.40. The van der Waals surface area contributed by atoms with Gasteiger partial charge < -0.3 is 35.2 Å². The molecule has 52 heavy (non-hydrogen) atoms. The van der Waals surface area contributed by atoms with Crippen molar-refractivity contribution in [3.05, 3.63) is 52.5 Å². The molecule has 4 amide bonds. The molecule has 0 spiro atoms. The second kappa shape index (κ2) is 20.2. The van der Waals surface area contributed by atoms with E-state index in [4.69, 9.17) is 9.47 Å². The van der Waals surface area contributed by atoms with Crippen molar-refractivity contribution in [2.75, 3.05) is 41.4 Å². The lowest BCUT2D eigenvalue weighted by Crippen LogP contribution is -2.57. The van der Waals surface area contributed by atoms with Crippen molar-refractivity contribution in [1.82, 2.24) is 30.7 Å². The Kier molecular flexibility index (Phi) is 16.7. The van der Waals surface area contributed by atoms with E-state index < -0.39 is 35.6 Å². The molecule has 2 aromatic rings. The molecular formula is C39H62N6O6S. The van der Waals surface area contributed by atoms with Crippen LogP contribution < -0.4 is 16.0 Å². The first kappa shape index (κ1) is 43.0. The molecule has 0 radical (unpaired) electrons. The summed E-state index contributed by atoms with van der Waals surface area (Å²) in [6, 6.07) is 8.20. The number of rotatable bonds is 20. The molecule has 0 saturated carbocycles. The van der Waals surface area contributed by atoms with Crippen molar-refractivity contribution in [1.29, 1.82) is 0 Å². The summed E-state index contributed by atoms with van der Waals surface area (Å²) >= 11 is 1.50. The van der Waals surface area contributed by atoms with E-state index in [0.29, 0.717) is 25.9 Å². The Labute approximate surface area is 314 Å². The molecule has 1 fully saturated rings. The first-order valence-corrected chi connectivity index (χ1v) is 19.4. The molecule has 1 saturated heterocycles. The third kappa shape index (κ3) is 11.1. The number of hydrogen-bond donors (Lipinski definition) is 3. The van der Waals surface area contributed by atoms with E-state index >= 15 is 0 Å². The van der Waals surface area contributed by atoms with Gasteiger partial charge in [-0.1, -0.05) is 57.5 Å².